The first kappa shape index (κ1) is 13.1. The van der Waals surface area contributed by atoms with E-state index in [0.29, 0.717) is 11.6 Å². The highest BCUT2D eigenvalue weighted by Crippen LogP contribution is 2.41. The highest BCUT2D eigenvalue weighted by atomic mass is 15.3. The number of nitrogens with one attached hydrogen (secondary N) is 1. The lowest BCUT2D eigenvalue weighted by Gasteiger charge is -2.46. The maximum atomic E-state index is 4.31. The van der Waals surface area contributed by atoms with E-state index in [9.17, 15) is 0 Å². The van der Waals surface area contributed by atoms with Crippen LogP contribution < -0.4 is 5.32 Å². The fourth-order valence-electron chi connectivity index (χ4n) is 3.41. The molecule has 2 aliphatic rings. The summed E-state index contributed by atoms with van der Waals surface area (Å²) < 4.78 is 2.04. The molecule has 0 spiro atoms. The van der Waals surface area contributed by atoms with Crippen molar-refractivity contribution in [2.24, 2.45) is 5.92 Å². The Morgan fingerprint density at radius 3 is 2.84 bits per heavy atom. The molecule has 0 radical (unpaired) electrons. The van der Waals surface area contributed by atoms with Crippen LogP contribution in [0.1, 0.15) is 33.1 Å². The summed E-state index contributed by atoms with van der Waals surface area (Å²) in [5.41, 5.74) is 0.343. The quantitative estimate of drug-likeness (QED) is 0.877. The molecule has 2 heterocycles. The Morgan fingerprint density at radius 1 is 1.37 bits per heavy atom. The van der Waals surface area contributed by atoms with Gasteiger partial charge in [-0.25, -0.2) is 0 Å². The normalized spacial score (nSPS) is 32.6. The van der Waals surface area contributed by atoms with Gasteiger partial charge in [-0.3, -0.25) is 9.58 Å². The summed E-state index contributed by atoms with van der Waals surface area (Å²) in [7, 11) is 0. The first-order valence-electron chi connectivity index (χ1n) is 7.68. The summed E-state index contributed by atoms with van der Waals surface area (Å²) in [6, 6.07) is 2.69. The summed E-state index contributed by atoms with van der Waals surface area (Å²) >= 11 is 0. The minimum Gasteiger partial charge on any atom is -0.308 e. The number of aromatic nitrogens is 2. The second-order valence-corrected chi connectivity index (χ2v) is 6.37. The zero-order valence-corrected chi connectivity index (χ0v) is 12.2. The second-order valence-electron chi connectivity index (χ2n) is 6.37. The molecule has 1 N–H and O–H groups in total. The van der Waals surface area contributed by atoms with Crippen molar-refractivity contribution in [3.05, 3.63) is 18.5 Å². The summed E-state index contributed by atoms with van der Waals surface area (Å²) in [5, 5.41) is 8.13. The van der Waals surface area contributed by atoms with E-state index in [4.69, 9.17) is 0 Å². The molecule has 0 amide bonds. The maximum absolute atomic E-state index is 4.31. The third-order valence-electron chi connectivity index (χ3n) is 4.91. The van der Waals surface area contributed by atoms with Gasteiger partial charge in [0.2, 0.25) is 0 Å². The summed E-state index contributed by atoms with van der Waals surface area (Å²) in [4.78, 5) is 2.68. The minimum absolute atomic E-state index is 0.343. The molecule has 1 aliphatic heterocycles. The van der Waals surface area contributed by atoms with E-state index in [1.807, 2.05) is 16.9 Å². The summed E-state index contributed by atoms with van der Waals surface area (Å²) in [6.45, 7) is 9.17. The number of rotatable bonds is 5. The van der Waals surface area contributed by atoms with Gasteiger partial charge in [0.15, 0.2) is 0 Å². The largest absolute Gasteiger partial charge is 0.308 e. The van der Waals surface area contributed by atoms with Crippen molar-refractivity contribution in [2.45, 2.75) is 51.2 Å². The molecule has 0 aromatic carbocycles. The van der Waals surface area contributed by atoms with Crippen LogP contribution in [-0.2, 0) is 6.54 Å². The average Bonchev–Trinajstić information content (AvgIpc) is 3.15. The van der Waals surface area contributed by atoms with E-state index in [0.717, 1.165) is 25.6 Å². The Balaban J connectivity index is 1.61. The van der Waals surface area contributed by atoms with Gasteiger partial charge in [0, 0.05) is 43.6 Å². The molecule has 2 unspecified atom stereocenters. The zero-order chi connectivity index (χ0) is 13.3. The van der Waals surface area contributed by atoms with Crippen LogP contribution in [-0.4, -0.2) is 45.9 Å². The van der Waals surface area contributed by atoms with Crippen molar-refractivity contribution in [3.8, 4) is 0 Å². The van der Waals surface area contributed by atoms with E-state index in [-0.39, 0.29) is 0 Å². The van der Waals surface area contributed by atoms with Crippen LogP contribution in [0.2, 0.25) is 0 Å². The van der Waals surface area contributed by atoms with Gasteiger partial charge in [-0.2, -0.15) is 5.10 Å². The van der Waals surface area contributed by atoms with Crippen molar-refractivity contribution >= 4 is 0 Å². The molecule has 1 aromatic rings. The van der Waals surface area contributed by atoms with Crippen molar-refractivity contribution in [3.63, 3.8) is 0 Å². The van der Waals surface area contributed by atoms with E-state index in [1.54, 1.807) is 0 Å². The molecule has 3 rings (SSSR count). The smallest absolute Gasteiger partial charge is 0.0536 e. The van der Waals surface area contributed by atoms with E-state index in [1.165, 1.54) is 25.8 Å². The second kappa shape index (κ2) is 5.25. The zero-order valence-electron chi connectivity index (χ0n) is 12.2. The number of nitrogens with zero attached hydrogens (tertiary/aromatic N) is 3. The molecule has 1 aromatic heterocycles. The van der Waals surface area contributed by atoms with Gasteiger partial charge in [0.05, 0.1) is 6.54 Å². The Kier molecular flexibility index (Phi) is 3.63. The Labute approximate surface area is 116 Å². The molecule has 19 heavy (non-hydrogen) atoms. The summed E-state index contributed by atoms with van der Waals surface area (Å²) in [6.07, 6.45) is 7.97. The molecule has 1 saturated heterocycles. The number of hydrogen-bond donors (Lipinski definition) is 1. The molecule has 2 atom stereocenters. The molecular weight excluding hydrogens is 236 g/mol. The van der Waals surface area contributed by atoms with Gasteiger partial charge in [0.25, 0.3) is 0 Å². The van der Waals surface area contributed by atoms with Gasteiger partial charge in [-0.05, 0) is 38.2 Å². The first-order chi connectivity index (χ1) is 9.21. The van der Waals surface area contributed by atoms with Crippen molar-refractivity contribution in [1.29, 1.82) is 0 Å². The van der Waals surface area contributed by atoms with Crippen LogP contribution in [0.3, 0.4) is 0 Å². The van der Waals surface area contributed by atoms with Crippen LogP contribution in [0.15, 0.2) is 18.5 Å². The third kappa shape index (κ3) is 2.84. The SMILES string of the molecule is CCC1CNC(C)(C2CC2)CN1CCn1cccn1. The lowest BCUT2D eigenvalue weighted by molar-refractivity contribution is 0.0691. The van der Waals surface area contributed by atoms with Crippen LogP contribution >= 0.6 is 0 Å². The third-order valence-corrected chi connectivity index (χ3v) is 4.91. The molecule has 1 aliphatic carbocycles. The predicted molar refractivity (Wildman–Crippen MR) is 77.0 cm³/mol. The molecule has 4 nitrogen and oxygen atoms in total. The van der Waals surface area contributed by atoms with Crippen molar-refractivity contribution in [2.75, 3.05) is 19.6 Å². The van der Waals surface area contributed by atoms with E-state index in [2.05, 4.69) is 35.4 Å². The predicted octanol–water partition coefficient (Wildman–Crippen LogP) is 1.74. The number of hydrogen-bond acceptors (Lipinski definition) is 3. The van der Waals surface area contributed by atoms with Crippen LogP contribution in [0.25, 0.3) is 0 Å². The van der Waals surface area contributed by atoms with Gasteiger partial charge >= 0.3 is 0 Å². The molecule has 106 valence electrons. The van der Waals surface area contributed by atoms with Crippen molar-refractivity contribution < 1.29 is 0 Å². The average molecular weight is 262 g/mol. The highest BCUT2D eigenvalue weighted by Gasteiger charge is 2.45. The molecule has 1 saturated carbocycles. The maximum Gasteiger partial charge on any atom is 0.0536 e. The Bertz CT molecular complexity index is 398. The van der Waals surface area contributed by atoms with Gasteiger partial charge < -0.3 is 5.32 Å². The lowest BCUT2D eigenvalue weighted by Crippen LogP contribution is -2.64. The lowest BCUT2D eigenvalue weighted by atomic mass is 9.90. The minimum atomic E-state index is 0.343. The molecular formula is C15H26N4. The van der Waals surface area contributed by atoms with E-state index >= 15 is 0 Å². The summed E-state index contributed by atoms with van der Waals surface area (Å²) in [5.74, 6) is 0.900. The topological polar surface area (TPSA) is 33.1 Å². The highest BCUT2D eigenvalue weighted by molar-refractivity contribution is 5.03. The molecule has 2 fully saturated rings. The molecule has 4 heteroatoms. The standard InChI is InChI=1S/C15H26N4/c1-3-14-11-16-15(2,13-5-6-13)12-18(14)9-10-19-8-4-7-17-19/h4,7-8,13-14,16H,3,5-6,9-12H2,1-2H3. The Hall–Kier alpha value is -0.870. The fourth-order valence-corrected chi connectivity index (χ4v) is 3.41. The first-order valence-corrected chi connectivity index (χ1v) is 7.68. The van der Waals surface area contributed by atoms with Crippen LogP contribution in [0, 0.1) is 5.92 Å². The monoisotopic (exact) mass is 262 g/mol. The fraction of sp³-hybridized carbons (Fsp3) is 0.800. The van der Waals surface area contributed by atoms with Gasteiger partial charge in [0.1, 0.15) is 0 Å². The number of piperazine rings is 1. The van der Waals surface area contributed by atoms with Gasteiger partial charge in [-0.15, -0.1) is 0 Å². The Morgan fingerprint density at radius 2 is 2.21 bits per heavy atom. The van der Waals surface area contributed by atoms with Gasteiger partial charge in [-0.1, -0.05) is 6.92 Å². The van der Waals surface area contributed by atoms with Crippen LogP contribution in [0.5, 0.6) is 0 Å². The van der Waals surface area contributed by atoms with Crippen molar-refractivity contribution in [1.82, 2.24) is 20.0 Å². The van der Waals surface area contributed by atoms with Crippen LogP contribution in [0.4, 0.5) is 0 Å². The van der Waals surface area contributed by atoms with E-state index < -0.39 is 0 Å². The molecule has 0 bridgehead atoms.